The highest BCUT2D eigenvalue weighted by Gasteiger charge is 2.26. The summed E-state index contributed by atoms with van der Waals surface area (Å²) in [6.07, 6.45) is 3.91. The first kappa shape index (κ1) is 31.1. The molecule has 1 aliphatic rings. The lowest BCUT2D eigenvalue weighted by Crippen LogP contribution is -2.12. The van der Waals surface area contributed by atoms with Gasteiger partial charge in [0.1, 0.15) is 17.3 Å². The van der Waals surface area contributed by atoms with Crippen LogP contribution in [0, 0.1) is 0 Å². The molecule has 0 saturated heterocycles. The molecule has 5 heteroatoms. The topological polar surface area (TPSA) is 44.9 Å². The first-order chi connectivity index (χ1) is 25.9. The molecule has 3 aromatic heterocycles. The Hall–Kier alpha value is -6.72. The molecule has 10 rings (SSSR count). The molecule has 0 unspecified atom stereocenters. The van der Waals surface area contributed by atoms with E-state index in [1.54, 1.807) is 0 Å². The van der Waals surface area contributed by atoms with Crippen LogP contribution in [0.3, 0.4) is 0 Å². The zero-order chi connectivity index (χ0) is 35.7. The van der Waals surface area contributed by atoms with Crippen LogP contribution >= 0.6 is 0 Å². The lowest BCUT2D eigenvalue weighted by Gasteiger charge is -2.22. The van der Waals surface area contributed by atoms with Crippen molar-refractivity contribution in [2.24, 2.45) is 0 Å². The van der Waals surface area contributed by atoms with Gasteiger partial charge < -0.3 is 4.74 Å². The van der Waals surface area contributed by atoms with Gasteiger partial charge in [-0.1, -0.05) is 118 Å². The number of rotatable bonds is 4. The normalized spacial score (nSPS) is 12.1. The quantitative estimate of drug-likeness (QED) is 0.185. The Kier molecular flexibility index (Phi) is 6.99. The van der Waals surface area contributed by atoms with Crippen LogP contribution in [0.5, 0.6) is 11.5 Å². The van der Waals surface area contributed by atoms with E-state index >= 15 is 0 Å². The Morgan fingerprint density at radius 2 is 1.11 bits per heavy atom. The van der Waals surface area contributed by atoms with Gasteiger partial charge in [0, 0.05) is 40.2 Å². The predicted molar refractivity (Wildman–Crippen MR) is 216 cm³/mol. The summed E-state index contributed by atoms with van der Waals surface area (Å²) in [6, 6.07) is 53.3. The summed E-state index contributed by atoms with van der Waals surface area (Å²) in [6.45, 7) is 6.70. The minimum absolute atomic E-state index is 0.00212. The molecule has 6 aromatic carbocycles. The van der Waals surface area contributed by atoms with E-state index in [4.69, 9.17) is 14.8 Å². The fraction of sp³-hybridized carbons (Fsp3) is 0.0833. The SMILES string of the molecule is CC(C)(C)c1ccnc(-n2c3ccccc3c3ccc(Oc4cccc(-n5ncc6c5-c5ccccc5-c5ccccc5-c5ccccc5-6)c4)cc32)c1. The summed E-state index contributed by atoms with van der Waals surface area (Å²) in [7, 11) is 0. The summed E-state index contributed by atoms with van der Waals surface area (Å²) in [5.41, 5.74) is 13.6. The fourth-order valence-electron chi connectivity index (χ4n) is 7.91. The van der Waals surface area contributed by atoms with Gasteiger partial charge in [0.05, 0.1) is 28.6 Å². The van der Waals surface area contributed by atoms with E-state index in [2.05, 4.69) is 170 Å². The van der Waals surface area contributed by atoms with Gasteiger partial charge in [-0.2, -0.15) is 5.10 Å². The van der Waals surface area contributed by atoms with E-state index in [9.17, 15) is 0 Å². The highest BCUT2D eigenvalue weighted by atomic mass is 16.5. The van der Waals surface area contributed by atoms with Crippen LogP contribution in [0.2, 0.25) is 0 Å². The number of fused-ring (bicyclic) bond motifs is 11. The minimum Gasteiger partial charge on any atom is -0.457 e. The van der Waals surface area contributed by atoms with Crippen molar-refractivity contribution >= 4 is 21.8 Å². The number of hydrogen-bond donors (Lipinski definition) is 0. The maximum Gasteiger partial charge on any atom is 0.137 e. The van der Waals surface area contributed by atoms with Crippen molar-refractivity contribution in [3.63, 3.8) is 0 Å². The van der Waals surface area contributed by atoms with Gasteiger partial charge in [-0.3, -0.25) is 4.57 Å². The number of nitrogens with zero attached hydrogens (tertiary/aromatic N) is 4. The standard InChI is InChI=1S/C48H36N4O/c1-48(2,3)31-25-26-49-46(27-31)51-44-22-11-10-20-40(44)41-24-23-34(29-45(41)51)53-33-14-12-13-32(28-33)52-47-42-21-9-8-18-38(42)36-16-5-4-15-35(36)37-17-6-7-19-39(37)43(47)30-50-52/h4-30H,1-3H3. The van der Waals surface area contributed by atoms with E-state index in [1.807, 2.05) is 24.5 Å². The van der Waals surface area contributed by atoms with Crippen molar-refractivity contribution in [2.75, 3.05) is 0 Å². The molecule has 1 aliphatic carbocycles. The third-order valence-electron chi connectivity index (χ3n) is 10.5. The monoisotopic (exact) mass is 684 g/mol. The Balaban J connectivity index is 1.09. The lowest BCUT2D eigenvalue weighted by molar-refractivity contribution is 0.483. The van der Waals surface area contributed by atoms with Gasteiger partial charge in [0.15, 0.2) is 0 Å². The van der Waals surface area contributed by atoms with Crippen molar-refractivity contribution in [1.82, 2.24) is 19.3 Å². The molecule has 53 heavy (non-hydrogen) atoms. The first-order valence-electron chi connectivity index (χ1n) is 18.1. The second kappa shape index (κ2) is 11.9. The third-order valence-corrected chi connectivity index (χ3v) is 10.5. The number of aromatic nitrogens is 4. The van der Waals surface area contributed by atoms with Gasteiger partial charge in [0.2, 0.25) is 0 Å². The molecule has 0 saturated carbocycles. The number of benzene rings is 6. The molecule has 254 valence electrons. The Bertz CT molecular complexity index is 2870. The Labute approximate surface area is 308 Å². The number of ether oxygens (including phenoxy) is 1. The van der Waals surface area contributed by atoms with Crippen molar-refractivity contribution in [3.05, 3.63) is 170 Å². The molecular formula is C48H36N4O. The molecule has 0 amide bonds. The largest absolute Gasteiger partial charge is 0.457 e. The molecule has 0 atom stereocenters. The van der Waals surface area contributed by atoms with Gasteiger partial charge in [0.25, 0.3) is 0 Å². The average molecular weight is 685 g/mol. The lowest BCUT2D eigenvalue weighted by atomic mass is 9.83. The zero-order valence-corrected chi connectivity index (χ0v) is 29.8. The second-order valence-electron chi connectivity index (χ2n) is 14.7. The number of pyridine rings is 1. The van der Waals surface area contributed by atoms with Crippen molar-refractivity contribution in [1.29, 1.82) is 0 Å². The number of hydrogen-bond acceptors (Lipinski definition) is 3. The van der Waals surface area contributed by atoms with Crippen molar-refractivity contribution in [3.8, 4) is 67.6 Å². The van der Waals surface area contributed by atoms with E-state index in [1.165, 1.54) is 33.2 Å². The Morgan fingerprint density at radius 3 is 1.83 bits per heavy atom. The fourth-order valence-corrected chi connectivity index (χ4v) is 7.91. The highest BCUT2D eigenvalue weighted by Crippen LogP contribution is 2.48. The smallest absolute Gasteiger partial charge is 0.137 e. The van der Waals surface area contributed by atoms with Crippen molar-refractivity contribution < 1.29 is 4.74 Å². The van der Waals surface area contributed by atoms with Crippen molar-refractivity contribution in [2.45, 2.75) is 26.2 Å². The highest BCUT2D eigenvalue weighted by molar-refractivity contribution is 6.09. The molecule has 0 radical (unpaired) electrons. The minimum atomic E-state index is -0.00212. The van der Waals surface area contributed by atoms with Crippen LogP contribution in [-0.4, -0.2) is 19.3 Å². The van der Waals surface area contributed by atoms with Crippen LogP contribution in [0.4, 0.5) is 0 Å². The molecule has 9 aromatic rings. The van der Waals surface area contributed by atoms with Crippen LogP contribution < -0.4 is 4.74 Å². The predicted octanol–water partition coefficient (Wildman–Crippen LogP) is 12.4. The van der Waals surface area contributed by atoms with Crippen LogP contribution in [0.15, 0.2) is 164 Å². The summed E-state index contributed by atoms with van der Waals surface area (Å²) >= 11 is 0. The summed E-state index contributed by atoms with van der Waals surface area (Å²) < 4.78 is 11.0. The average Bonchev–Trinajstić information content (AvgIpc) is 3.77. The molecule has 0 spiro atoms. The van der Waals surface area contributed by atoms with E-state index in [0.717, 1.165) is 61.8 Å². The van der Waals surface area contributed by atoms with E-state index < -0.39 is 0 Å². The summed E-state index contributed by atoms with van der Waals surface area (Å²) in [5.74, 6) is 2.37. The van der Waals surface area contributed by atoms with Gasteiger partial charge >= 0.3 is 0 Å². The molecule has 5 nitrogen and oxygen atoms in total. The summed E-state index contributed by atoms with van der Waals surface area (Å²) in [4.78, 5) is 4.85. The first-order valence-corrected chi connectivity index (χ1v) is 18.1. The molecule has 0 N–H and O–H groups in total. The molecule has 3 heterocycles. The summed E-state index contributed by atoms with van der Waals surface area (Å²) in [5, 5.41) is 7.38. The number of para-hydroxylation sites is 1. The van der Waals surface area contributed by atoms with Crippen LogP contribution in [0.25, 0.3) is 77.9 Å². The van der Waals surface area contributed by atoms with Crippen LogP contribution in [0.1, 0.15) is 26.3 Å². The zero-order valence-electron chi connectivity index (χ0n) is 29.8. The molecule has 0 bridgehead atoms. The molecule has 0 fully saturated rings. The molecule has 0 aliphatic heterocycles. The van der Waals surface area contributed by atoms with E-state index in [0.29, 0.717) is 0 Å². The van der Waals surface area contributed by atoms with Crippen LogP contribution in [-0.2, 0) is 5.41 Å². The van der Waals surface area contributed by atoms with Gasteiger partial charge in [-0.05, 0) is 81.3 Å². The Morgan fingerprint density at radius 1 is 0.509 bits per heavy atom. The second-order valence-corrected chi connectivity index (χ2v) is 14.7. The maximum atomic E-state index is 6.68. The molecular weight excluding hydrogens is 649 g/mol. The van der Waals surface area contributed by atoms with E-state index in [-0.39, 0.29) is 5.41 Å². The third kappa shape index (κ3) is 5.07. The maximum absolute atomic E-state index is 6.68. The van der Waals surface area contributed by atoms with Gasteiger partial charge in [-0.25, -0.2) is 9.67 Å². The van der Waals surface area contributed by atoms with Gasteiger partial charge in [-0.15, -0.1) is 0 Å².